The highest BCUT2D eigenvalue weighted by Gasteiger charge is 2.17. The Kier molecular flexibility index (Phi) is 6.89. The quantitative estimate of drug-likeness (QED) is 0.675. The SMILES string of the molecule is CCCOc1c(Br)cc(C(=O)Nc2cc(S(C)(=O)=O)ccc2C)cc1OC. The predicted octanol–water partition coefficient (Wildman–Crippen LogP) is 4.21. The molecule has 2 aromatic carbocycles. The topological polar surface area (TPSA) is 81.7 Å². The van der Waals surface area contributed by atoms with Crippen LogP contribution in [0.1, 0.15) is 29.3 Å². The molecule has 1 amide bonds. The molecule has 2 rings (SSSR count). The molecule has 2 aromatic rings. The van der Waals surface area contributed by atoms with E-state index in [0.717, 1.165) is 18.2 Å². The molecule has 6 nitrogen and oxygen atoms in total. The minimum absolute atomic E-state index is 0.144. The number of rotatable bonds is 7. The van der Waals surface area contributed by atoms with E-state index in [2.05, 4.69) is 21.2 Å². The number of hydrogen-bond donors (Lipinski definition) is 1. The fourth-order valence-corrected chi connectivity index (χ4v) is 3.56. The van der Waals surface area contributed by atoms with Crippen LogP contribution in [0.3, 0.4) is 0 Å². The van der Waals surface area contributed by atoms with Gasteiger partial charge in [0.25, 0.3) is 5.91 Å². The molecule has 0 aliphatic heterocycles. The molecule has 0 atom stereocenters. The number of carbonyl (C=O) groups is 1. The van der Waals surface area contributed by atoms with Crippen molar-refractivity contribution in [1.29, 1.82) is 0 Å². The maximum atomic E-state index is 12.7. The first kappa shape index (κ1) is 21.2. The van der Waals surface area contributed by atoms with E-state index in [1.807, 2.05) is 6.92 Å². The molecule has 0 radical (unpaired) electrons. The zero-order chi connectivity index (χ0) is 20.2. The van der Waals surface area contributed by atoms with Crippen molar-refractivity contribution in [3.63, 3.8) is 0 Å². The van der Waals surface area contributed by atoms with Crippen LogP contribution in [0, 0.1) is 6.92 Å². The van der Waals surface area contributed by atoms with E-state index in [0.29, 0.717) is 33.8 Å². The van der Waals surface area contributed by atoms with E-state index in [1.54, 1.807) is 25.1 Å². The van der Waals surface area contributed by atoms with Gasteiger partial charge in [-0.2, -0.15) is 0 Å². The number of aryl methyl sites for hydroxylation is 1. The Morgan fingerprint density at radius 2 is 1.93 bits per heavy atom. The zero-order valence-electron chi connectivity index (χ0n) is 15.6. The highest BCUT2D eigenvalue weighted by atomic mass is 79.9. The summed E-state index contributed by atoms with van der Waals surface area (Å²) in [5.74, 6) is 0.584. The number of ether oxygens (including phenoxy) is 2. The molecule has 0 saturated heterocycles. The Morgan fingerprint density at radius 1 is 1.22 bits per heavy atom. The van der Waals surface area contributed by atoms with Gasteiger partial charge in [-0.15, -0.1) is 0 Å². The lowest BCUT2D eigenvalue weighted by atomic mass is 10.1. The van der Waals surface area contributed by atoms with Gasteiger partial charge < -0.3 is 14.8 Å². The predicted molar refractivity (Wildman–Crippen MR) is 109 cm³/mol. The van der Waals surface area contributed by atoms with Crippen LogP contribution in [0.2, 0.25) is 0 Å². The second-order valence-corrected chi connectivity index (χ2v) is 8.91. The van der Waals surface area contributed by atoms with Crippen LogP contribution in [-0.4, -0.2) is 34.3 Å². The van der Waals surface area contributed by atoms with E-state index in [9.17, 15) is 13.2 Å². The first-order valence-electron chi connectivity index (χ1n) is 8.29. The van der Waals surface area contributed by atoms with Crippen LogP contribution in [0.5, 0.6) is 11.5 Å². The average Bonchev–Trinajstić information content (AvgIpc) is 2.60. The van der Waals surface area contributed by atoms with Crippen LogP contribution < -0.4 is 14.8 Å². The Balaban J connectivity index is 2.35. The van der Waals surface area contributed by atoms with Gasteiger partial charge >= 0.3 is 0 Å². The molecule has 0 fully saturated rings. The minimum atomic E-state index is -3.37. The Bertz CT molecular complexity index is 957. The van der Waals surface area contributed by atoms with Gasteiger partial charge in [-0.25, -0.2) is 8.42 Å². The van der Waals surface area contributed by atoms with Gasteiger partial charge in [-0.1, -0.05) is 13.0 Å². The zero-order valence-corrected chi connectivity index (χ0v) is 18.0. The summed E-state index contributed by atoms with van der Waals surface area (Å²) in [6, 6.07) is 7.84. The fraction of sp³-hybridized carbons (Fsp3) is 0.316. The molecule has 0 aromatic heterocycles. The average molecular weight is 456 g/mol. The van der Waals surface area contributed by atoms with Crippen molar-refractivity contribution < 1.29 is 22.7 Å². The lowest BCUT2D eigenvalue weighted by Crippen LogP contribution is -2.14. The van der Waals surface area contributed by atoms with Crippen molar-refractivity contribution in [3.8, 4) is 11.5 Å². The maximum Gasteiger partial charge on any atom is 0.255 e. The number of halogens is 1. The highest BCUT2D eigenvalue weighted by Crippen LogP contribution is 2.37. The summed E-state index contributed by atoms with van der Waals surface area (Å²) in [6.07, 6.45) is 1.97. The second kappa shape index (κ2) is 8.75. The third-order valence-electron chi connectivity index (χ3n) is 3.83. The molecule has 0 saturated carbocycles. The number of methoxy groups -OCH3 is 1. The summed E-state index contributed by atoms with van der Waals surface area (Å²) >= 11 is 3.41. The molecular formula is C19H22BrNO5S. The lowest BCUT2D eigenvalue weighted by molar-refractivity contribution is 0.102. The second-order valence-electron chi connectivity index (χ2n) is 6.04. The number of anilines is 1. The van der Waals surface area contributed by atoms with E-state index >= 15 is 0 Å². The number of benzene rings is 2. The van der Waals surface area contributed by atoms with Gasteiger partial charge in [-0.05, 0) is 59.1 Å². The molecule has 146 valence electrons. The highest BCUT2D eigenvalue weighted by molar-refractivity contribution is 9.10. The van der Waals surface area contributed by atoms with Crippen molar-refractivity contribution in [2.45, 2.75) is 25.2 Å². The number of carbonyl (C=O) groups excluding carboxylic acids is 1. The molecule has 0 unspecified atom stereocenters. The first-order chi connectivity index (χ1) is 12.7. The van der Waals surface area contributed by atoms with Crippen molar-refractivity contribution in [2.24, 2.45) is 0 Å². The van der Waals surface area contributed by atoms with Crippen LogP contribution in [0.25, 0.3) is 0 Å². The fourth-order valence-electron chi connectivity index (χ4n) is 2.36. The van der Waals surface area contributed by atoms with E-state index in [4.69, 9.17) is 9.47 Å². The molecule has 0 bridgehead atoms. The van der Waals surface area contributed by atoms with Crippen LogP contribution in [0.15, 0.2) is 39.7 Å². The number of amides is 1. The smallest absolute Gasteiger partial charge is 0.255 e. The Hall–Kier alpha value is -2.06. The van der Waals surface area contributed by atoms with Gasteiger partial charge in [0.1, 0.15) is 0 Å². The number of hydrogen-bond acceptors (Lipinski definition) is 5. The molecule has 0 heterocycles. The number of nitrogens with one attached hydrogen (secondary N) is 1. The first-order valence-corrected chi connectivity index (χ1v) is 11.0. The molecule has 0 aliphatic rings. The third-order valence-corrected chi connectivity index (χ3v) is 5.53. The largest absolute Gasteiger partial charge is 0.493 e. The van der Waals surface area contributed by atoms with Gasteiger partial charge in [-0.3, -0.25) is 4.79 Å². The van der Waals surface area contributed by atoms with Gasteiger partial charge in [0.05, 0.1) is 23.1 Å². The third kappa shape index (κ3) is 5.23. The summed E-state index contributed by atoms with van der Waals surface area (Å²) < 4.78 is 35.1. The monoisotopic (exact) mass is 455 g/mol. The lowest BCUT2D eigenvalue weighted by Gasteiger charge is -2.15. The van der Waals surface area contributed by atoms with Crippen LogP contribution in [-0.2, 0) is 9.84 Å². The van der Waals surface area contributed by atoms with Crippen molar-refractivity contribution >= 4 is 37.4 Å². The summed E-state index contributed by atoms with van der Waals surface area (Å²) in [4.78, 5) is 12.8. The molecular weight excluding hydrogens is 434 g/mol. The molecule has 27 heavy (non-hydrogen) atoms. The standard InChI is InChI=1S/C19H22BrNO5S/c1-5-8-26-18-15(20)9-13(10-17(18)25-3)19(22)21-16-11-14(27(4,23)24)7-6-12(16)2/h6-7,9-11H,5,8H2,1-4H3,(H,21,22). The molecule has 8 heteroatoms. The normalized spacial score (nSPS) is 11.1. The minimum Gasteiger partial charge on any atom is -0.493 e. The Morgan fingerprint density at radius 3 is 2.52 bits per heavy atom. The Labute approximate surface area is 167 Å². The van der Waals surface area contributed by atoms with Crippen LogP contribution >= 0.6 is 15.9 Å². The summed E-state index contributed by atoms with van der Waals surface area (Å²) in [6.45, 7) is 4.31. The molecule has 0 aliphatic carbocycles. The van der Waals surface area contributed by atoms with E-state index < -0.39 is 9.84 Å². The number of sulfone groups is 1. The molecule has 1 N–H and O–H groups in total. The van der Waals surface area contributed by atoms with Crippen molar-refractivity contribution in [3.05, 3.63) is 45.9 Å². The van der Waals surface area contributed by atoms with Gasteiger partial charge in [0, 0.05) is 17.5 Å². The van der Waals surface area contributed by atoms with Crippen molar-refractivity contribution in [1.82, 2.24) is 0 Å². The maximum absolute atomic E-state index is 12.7. The molecule has 0 spiro atoms. The summed E-state index contributed by atoms with van der Waals surface area (Å²) in [5.41, 5.74) is 1.54. The van der Waals surface area contributed by atoms with Gasteiger partial charge in [0.2, 0.25) is 0 Å². The summed E-state index contributed by atoms with van der Waals surface area (Å²) in [5, 5.41) is 2.76. The van der Waals surface area contributed by atoms with Gasteiger partial charge in [0.15, 0.2) is 21.3 Å². The van der Waals surface area contributed by atoms with Crippen molar-refractivity contribution in [2.75, 3.05) is 25.3 Å². The summed E-state index contributed by atoms with van der Waals surface area (Å²) in [7, 11) is -1.87. The van der Waals surface area contributed by atoms with Crippen LogP contribution in [0.4, 0.5) is 5.69 Å². The van der Waals surface area contributed by atoms with E-state index in [-0.39, 0.29) is 10.8 Å². The van der Waals surface area contributed by atoms with E-state index in [1.165, 1.54) is 19.2 Å².